The van der Waals surface area contributed by atoms with Gasteiger partial charge in [0.25, 0.3) is 0 Å². The molecule has 98 valence electrons. The maximum Gasteiger partial charge on any atom is 0.191 e. The molecule has 0 fully saturated rings. The van der Waals surface area contributed by atoms with Crippen LogP contribution >= 0.6 is 0 Å². The van der Waals surface area contributed by atoms with E-state index in [0.717, 1.165) is 31.9 Å². The molecule has 0 bridgehead atoms. The zero-order valence-corrected chi connectivity index (χ0v) is 11.5. The van der Waals surface area contributed by atoms with Crippen LogP contribution in [-0.4, -0.2) is 25.1 Å². The number of aliphatic imine (C=N–C) groups is 1. The first-order valence-corrected chi connectivity index (χ1v) is 6.99. The summed E-state index contributed by atoms with van der Waals surface area (Å²) in [6, 6.07) is 0.537. The number of nitrogens with zero attached hydrogens (tertiary/aromatic N) is 1. The monoisotopic (exact) mass is 237 g/mol. The molecule has 0 aromatic carbocycles. The maximum absolute atomic E-state index is 4.69. The molecule has 0 heterocycles. The molecule has 0 radical (unpaired) electrons. The van der Waals surface area contributed by atoms with Crippen LogP contribution in [0.2, 0.25) is 0 Å². The first-order valence-electron chi connectivity index (χ1n) is 6.99. The lowest BCUT2D eigenvalue weighted by Crippen LogP contribution is -2.42. The highest BCUT2D eigenvalue weighted by molar-refractivity contribution is 5.80. The molecule has 0 atom stereocenters. The van der Waals surface area contributed by atoms with E-state index in [2.05, 4.69) is 48.5 Å². The maximum atomic E-state index is 4.69. The van der Waals surface area contributed by atoms with Crippen molar-refractivity contribution in [2.24, 2.45) is 10.9 Å². The Bertz CT molecular complexity index is 246. The van der Waals surface area contributed by atoms with Gasteiger partial charge in [-0.05, 0) is 25.7 Å². The zero-order chi connectivity index (χ0) is 12.5. The number of rotatable bonds is 6. The van der Waals surface area contributed by atoms with E-state index in [1.807, 2.05) is 0 Å². The predicted molar refractivity (Wildman–Crippen MR) is 75.3 cm³/mol. The molecule has 0 aromatic heterocycles. The van der Waals surface area contributed by atoms with E-state index in [1.165, 1.54) is 12.8 Å². The molecule has 0 amide bonds. The van der Waals surface area contributed by atoms with E-state index >= 15 is 0 Å². The SMILES string of the molecule is CCNC(=NCC(CC)CC)NC1CC=CC1. The lowest BCUT2D eigenvalue weighted by atomic mass is 10.0. The van der Waals surface area contributed by atoms with Crippen molar-refractivity contribution in [1.82, 2.24) is 10.6 Å². The smallest absolute Gasteiger partial charge is 0.191 e. The van der Waals surface area contributed by atoms with Crippen LogP contribution in [-0.2, 0) is 0 Å². The quantitative estimate of drug-likeness (QED) is 0.423. The van der Waals surface area contributed by atoms with Gasteiger partial charge >= 0.3 is 0 Å². The Labute approximate surface area is 106 Å². The van der Waals surface area contributed by atoms with Crippen molar-refractivity contribution in [3.8, 4) is 0 Å². The first kappa shape index (κ1) is 14.1. The number of guanidine groups is 1. The predicted octanol–water partition coefficient (Wildman–Crippen LogP) is 2.70. The average Bonchev–Trinajstić information content (AvgIpc) is 2.83. The fraction of sp³-hybridized carbons (Fsp3) is 0.786. The highest BCUT2D eigenvalue weighted by Gasteiger charge is 2.11. The van der Waals surface area contributed by atoms with E-state index in [0.29, 0.717) is 12.0 Å². The van der Waals surface area contributed by atoms with Gasteiger partial charge in [-0.25, -0.2) is 0 Å². The Balaban J connectivity index is 2.42. The molecule has 3 heteroatoms. The molecule has 0 saturated carbocycles. The van der Waals surface area contributed by atoms with Crippen molar-refractivity contribution in [2.45, 2.75) is 52.5 Å². The Morgan fingerprint density at radius 3 is 2.41 bits per heavy atom. The second-order valence-electron chi connectivity index (χ2n) is 4.69. The normalized spacial score (nSPS) is 16.8. The molecule has 17 heavy (non-hydrogen) atoms. The molecule has 2 N–H and O–H groups in total. The summed E-state index contributed by atoms with van der Waals surface area (Å²) >= 11 is 0. The topological polar surface area (TPSA) is 36.4 Å². The van der Waals surface area contributed by atoms with Crippen molar-refractivity contribution in [3.05, 3.63) is 12.2 Å². The van der Waals surface area contributed by atoms with Crippen molar-refractivity contribution in [2.75, 3.05) is 13.1 Å². The van der Waals surface area contributed by atoms with Crippen molar-refractivity contribution in [1.29, 1.82) is 0 Å². The third-order valence-corrected chi connectivity index (χ3v) is 3.36. The van der Waals surface area contributed by atoms with E-state index in [-0.39, 0.29) is 0 Å². The lowest BCUT2D eigenvalue weighted by Gasteiger charge is -2.18. The lowest BCUT2D eigenvalue weighted by molar-refractivity contribution is 0.502. The van der Waals surface area contributed by atoms with Gasteiger partial charge in [-0.1, -0.05) is 38.8 Å². The molecule has 1 aliphatic rings. The number of hydrogen-bond donors (Lipinski definition) is 2. The van der Waals surface area contributed by atoms with Crippen molar-refractivity contribution in [3.63, 3.8) is 0 Å². The molecular formula is C14H27N3. The van der Waals surface area contributed by atoms with Crippen LogP contribution in [0.25, 0.3) is 0 Å². The first-order chi connectivity index (χ1) is 8.30. The average molecular weight is 237 g/mol. The van der Waals surface area contributed by atoms with E-state index in [4.69, 9.17) is 0 Å². The van der Waals surface area contributed by atoms with Crippen molar-refractivity contribution >= 4 is 5.96 Å². The van der Waals surface area contributed by atoms with Crippen LogP contribution in [0, 0.1) is 5.92 Å². The number of nitrogens with one attached hydrogen (secondary N) is 2. The zero-order valence-electron chi connectivity index (χ0n) is 11.5. The largest absolute Gasteiger partial charge is 0.357 e. The van der Waals surface area contributed by atoms with Gasteiger partial charge in [-0.2, -0.15) is 0 Å². The second-order valence-corrected chi connectivity index (χ2v) is 4.69. The summed E-state index contributed by atoms with van der Waals surface area (Å²) in [5, 5.41) is 6.82. The molecule has 0 unspecified atom stereocenters. The van der Waals surface area contributed by atoms with Gasteiger partial charge in [0.2, 0.25) is 0 Å². The second kappa shape index (κ2) is 8.15. The third kappa shape index (κ3) is 5.24. The van der Waals surface area contributed by atoms with Crippen LogP contribution in [0.4, 0.5) is 0 Å². The summed E-state index contributed by atoms with van der Waals surface area (Å²) in [5.74, 6) is 1.69. The molecule has 0 aromatic rings. The minimum atomic E-state index is 0.537. The Morgan fingerprint density at radius 1 is 1.24 bits per heavy atom. The van der Waals surface area contributed by atoms with E-state index in [1.54, 1.807) is 0 Å². The summed E-state index contributed by atoms with van der Waals surface area (Å²) in [6.45, 7) is 8.45. The van der Waals surface area contributed by atoms with Gasteiger partial charge in [0, 0.05) is 19.1 Å². The molecular weight excluding hydrogens is 210 g/mol. The van der Waals surface area contributed by atoms with Gasteiger partial charge in [-0.15, -0.1) is 0 Å². The van der Waals surface area contributed by atoms with Crippen LogP contribution < -0.4 is 10.6 Å². The minimum absolute atomic E-state index is 0.537. The fourth-order valence-electron chi connectivity index (χ4n) is 2.02. The summed E-state index contributed by atoms with van der Waals surface area (Å²) in [4.78, 5) is 4.69. The molecule has 3 nitrogen and oxygen atoms in total. The summed E-state index contributed by atoms with van der Waals surface area (Å²) in [5.41, 5.74) is 0. The van der Waals surface area contributed by atoms with Crippen molar-refractivity contribution < 1.29 is 0 Å². The summed E-state index contributed by atoms with van der Waals surface area (Å²) in [7, 11) is 0. The van der Waals surface area contributed by atoms with Gasteiger partial charge in [0.05, 0.1) is 0 Å². The molecule has 0 spiro atoms. The Kier molecular flexibility index (Phi) is 6.75. The van der Waals surface area contributed by atoms with E-state index in [9.17, 15) is 0 Å². The molecule has 1 rings (SSSR count). The van der Waals surface area contributed by atoms with Crippen LogP contribution in [0.1, 0.15) is 46.5 Å². The Morgan fingerprint density at radius 2 is 1.88 bits per heavy atom. The molecule has 0 saturated heterocycles. The van der Waals surface area contributed by atoms with Gasteiger partial charge in [-0.3, -0.25) is 4.99 Å². The standard InChI is InChI=1S/C14H27N3/c1-4-12(5-2)11-16-14(15-6-3)17-13-9-7-8-10-13/h7-8,12-13H,4-6,9-11H2,1-3H3,(H2,15,16,17). The van der Waals surface area contributed by atoms with Gasteiger partial charge in [0.1, 0.15) is 0 Å². The van der Waals surface area contributed by atoms with Gasteiger partial charge in [0.15, 0.2) is 5.96 Å². The Hall–Kier alpha value is -0.990. The fourth-order valence-corrected chi connectivity index (χ4v) is 2.02. The number of hydrogen-bond acceptors (Lipinski definition) is 1. The minimum Gasteiger partial charge on any atom is -0.357 e. The van der Waals surface area contributed by atoms with Crippen LogP contribution in [0.3, 0.4) is 0 Å². The highest BCUT2D eigenvalue weighted by Crippen LogP contribution is 2.10. The highest BCUT2D eigenvalue weighted by atomic mass is 15.2. The van der Waals surface area contributed by atoms with Crippen LogP contribution in [0.15, 0.2) is 17.1 Å². The van der Waals surface area contributed by atoms with E-state index < -0.39 is 0 Å². The third-order valence-electron chi connectivity index (χ3n) is 3.36. The summed E-state index contributed by atoms with van der Waals surface area (Å²) in [6.07, 6.45) is 9.14. The summed E-state index contributed by atoms with van der Waals surface area (Å²) < 4.78 is 0. The molecule has 0 aliphatic heterocycles. The van der Waals surface area contributed by atoms with Crippen LogP contribution in [0.5, 0.6) is 0 Å². The molecule has 1 aliphatic carbocycles. The van der Waals surface area contributed by atoms with Gasteiger partial charge < -0.3 is 10.6 Å².